The van der Waals surface area contributed by atoms with Crippen molar-refractivity contribution in [2.75, 3.05) is 12.4 Å². The number of ether oxygens (including phenoxy) is 1. The van der Waals surface area contributed by atoms with E-state index in [4.69, 9.17) is 4.74 Å². The normalized spacial score (nSPS) is 10.4. The van der Waals surface area contributed by atoms with Gasteiger partial charge in [-0.05, 0) is 24.3 Å². The van der Waals surface area contributed by atoms with Crippen molar-refractivity contribution in [1.82, 2.24) is 14.6 Å². The van der Waals surface area contributed by atoms with Gasteiger partial charge in [0.1, 0.15) is 12.1 Å². The number of rotatable bonds is 3. The third kappa shape index (κ3) is 2.07. The van der Waals surface area contributed by atoms with Crippen molar-refractivity contribution in [3.05, 3.63) is 54.5 Å². The van der Waals surface area contributed by atoms with E-state index in [9.17, 15) is 4.79 Å². The Labute approximate surface area is 115 Å². The number of hydrogen-bond acceptors (Lipinski definition) is 4. The van der Waals surface area contributed by atoms with Gasteiger partial charge in [0.2, 0.25) is 0 Å². The number of benzene rings is 1. The van der Waals surface area contributed by atoms with E-state index in [1.54, 1.807) is 41.0 Å². The molecule has 100 valence electrons. The van der Waals surface area contributed by atoms with E-state index in [2.05, 4.69) is 15.4 Å². The SMILES string of the molecule is COc1ccccc1C(=O)Nc1cccn2ncnc12. The van der Waals surface area contributed by atoms with Gasteiger partial charge < -0.3 is 10.1 Å². The van der Waals surface area contributed by atoms with Gasteiger partial charge in [0.15, 0.2) is 5.65 Å². The average molecular weight is 268 g/mol. The van der Waals surface area contributed by atoms with E-state index >= 15 is 0 Å². The fraction of sp³-hybridized carbons (Fsp3) is 0.0714. The van der Waals surface area contributed by atoms with Gasteiger partial charge in [-0.3, -0.25) is 4.79 Å². The average Bonchev–Trinajstić information content (AvgIpc) is 2.96. The third-order valence-corrected chi connectivity index (χ3v) is 2.90. The maximum atomic E-state index is 12.3. The van der Waals surface area contributed by atoms with Crippen molar-refractivity contribution in [1.29, 1.82) is 0 Å². The largest absolute Gasteiger partial charge is 0.496 e. The van der Waals surface area contributed by atoms with Crippen molar-refractivity contribution >= 4 is 17.2 Å². The Morgan fingerprint density at radius 1 is 1.25 bits per heavy atom. The summed E-state index contributed by atoms with van der Waals surface area (Å²) in [4.78, 5) is 16.4. The first kappa shape index (κ1) is 12.2. The van der Waals surface area contributed by atoms with Gasteiger partial charge in [0, 0.05) is 6.20 Å². The molecule has 0 saturated heterocycles. The van der Waals surface area contributed by atoms with Crippen LogP contribution in [0.5, 0.6) is 5.75 Å². The quantitative estimate of drug-likeness (QED) is 0.788. The molecule has 0 aliphatic carbocycles. The number of methoxy groups -OCH3 is 1. The molecular weight excluding hydrogens is 256 g/mol. The highest BCUT2D eigenvalue weighted by atomic mass is 16.5. The predicted molar refractivity (Wildman–Crippen MR) is 73.9 cm³/mol. The second kappa shape index (κ2) is 5.00. The zero-order valence-electron chi connectivity index (χ0n) is 10.8. The monoisotopic (exact) mass is 268 g/mol. The molecule has 0 saturated carbocycles. The number of hydrogen-bond donors (Lipinski definition) is 1. The van der Waals surface area contributed by atoms with Crippen LogP contribution in [0.2, 0.25) is 0 Å². The number of aromatic nitrogens is 3. The first-order valence-corrected chi connectivity index (χ1v) is 6.02. The molecule has 1 amide bonds. The van der Waals surface area contributed by atoms with Crippen LogP contribution in [0.15, 0.2) is 48.9 Å². The molecule has 6 nitrogen and oxygen atoms in total. The number of nitrogens with one attached hydrogen (secondary N) is 1. The van der Waals surface area contributed by atoms with Gasteiger partial charge in [-0.25, -0.2) is 9.50 Å². The van der Waals surface area contributed by atoms with Gasteiger partial charge in [0.25, 0.3) is 5.91 Å². The fourth-order valence-electron chi connectivity index (χ4n) is 1.97. The van der Waals surface area contributed by atoms with Crippen molar-refractivity contribution in [3.63, 3.8) is 0 Å². The summed E-state index contributed by atoms with van der Waals surface area (Å²) < 4.78 is 6.78. The molecule has 2 heterocycles. The number of para-hydroxylation sites is 1. The number of carbonyl (C=O) groups excluding carboxylic acids is 1. The third-order valence-electron chi connectivity index (χ3n) is 2.90. The first-order chi connectivity index (χ1) is 9.79. The highest BCUT2D eigenvalue weighted by Gasteiger charge is 2.13. The minimum Gasteiger partial charge on any atom is -0.496 e. The van der Waals surface area contributed by atoms with E-state index in [-0.39, 0.29) is 5.91 Å². The van der Waals surface area contributed by atoms with E-state index in [1.165, 1.54) is 13.4 Å². The lowest BCUT2D eigenvalue weighted by Crippen LogP contribution is -2.14. The lowest BCUT2D eigenvalue weighted by atomic mass is 10.2. The van der Waals surface area contributed by atoms with Crippen LogP contribution in [0.3, 0.4) is 0 Å². The summed E-state index contributed by atoms with van der Waals surface area (Å²) in [5, 5.41) is 6.84. The number of fused-ring (bicyclic) bond motifs is 1. The summed E-state index contributed by atoms with van der Waals surface area (Å²) in [7, 11) is 1.53. The topological polar surface area (TPSA) is 68.5 Å². The second-order valence-electron chi connectivity index (χ2n) is 4.10. The lowest BCUT2D eigenvalue weighted by molar-refractivity contribution is 0.102. The van der Waals surface area contributed by atoms with Crippen molar-refractivity contribution in [2.45, 2.75) is 0 Å². The minimum absolute atomic E-state index is 0.251. The van der Waals surface area contributed by atoms with Crippen LogP contribution >= 0.6 is 0 Å². The molecule has 0 radical (unpaired) electrons. The van der Waals surface area contributed by atoms with E-state index in [0.717, 1.165) is 0 Å². The minimum atomic E-state index is -0.251. The smallest absolute Gasteiger partial charge is 0.259 e. The summed E-state index contributed by atoms with van der Waals surface area (Å²) in [6.45, 7) is 0. The number of pyridine rings is 1. The maximum absolute atomic E-state index is 12.3. The zero-order chi connectivity index (χ0) is 13.9. The Kier molecular flexibility index (Phi) is 3.04. The molecule has 0 fully saturated rings. The van der Waals surface area contributed by atoms with Crippen LogP contribution in [0.1, 0.15) is 10.4 Å². The number of nitrogens with zero attached hydrogens (tertiary/aromatic N) is 3. The van der Waals surface area contributed by atoms with Gasteiger partial charge in [-0.1, -0.05) is 12.1 Å². The fourth-order valence-corrected chi connectivity index (χ4v) is 1.97. The molecule has 3 rings (SSSR count). The van der Waals surface area contributed by atoms with Crippen LogP contribution in [-0.2, 0) is 0 Å². The standard InChI is InChI=1S/C14H12N4O2/c1-20-12-7-3-2-5-10(12)14(19)17-11-6-4-8-18-13(11)15-9-16-18/h2-9H,1H3,(H,17,19). The lowest BCUT2D eigenvalue weighted by Gasteiger charge is -2.09. The summed E-state index contributed by atoms with van der Waals surface area (Å²) in [6, 6.07) is 10.6. The van der Waals surface area contributed by atoms with Gasteiger partial charge >= 0.3 is 0 Å². The van der Waals surface area contributed by atoms with Gasteiger partial charge in [-0.2, -0.15) is 5.10 Å². The molecule has 1 N–H and O–H groups in total. The molecule has 3 aromatic rings. The van der Waals surface area contributed by atoms with Crippen molar-refractivity contribution < 1.29 is 9.53 Å². The van der Waals surface area contributed by atoms with Gasteiger partial charge in [0.05, 0.1) is 18.4 Å². The summed E-state index contributed by atoms with van der Waals surface area (Å²) >= 11 is 0. The molecule has 1 aromatic carbocycles. The zero-order valence-corrected chi connectivity index (χ0v) is 10.8. The molecule has 0 bridgehead atoms. The molecule has 0 aliphatic heterocycles. The summed E-state index contributed by atoms with van der Waals surface area (Å²) in [6.07, 6.45) is 3.20. The number of carbonyl (C=O) groups is 1. The molecule has 6 heteroatoms. The molecule has 0 aliphatic rings. The summed E-state index contributed by atoms with van der Waals surface area (Å²) in [5.74, 6) is 0.275. The number of amides is 1. The molecule has 2 aromatic heterocycles. The highest BCUT2D eigenvalue weighted by molar-refractivity contribution is 6.07. The highest BCUT2D eigenvalue weighted by Crippen LogP contribution is 2.20. The van der Waals surface area contributed by atoms with E-state index in [1.807, 2.05) is 6.07 Å². The van der Waals surface area contributed by atoms with Crippen LogP contribution in [0.25, 0.3) is 5.65 Å². The molecule has 20 heavy (non-hydrogen) atoms. The Bertz CT molecular complexity index is 766. The van der Waals surface area contributed by atoms with Crippen molar-refractivity contribution in [2.24, 2.45) is 0 Å². The van der Waals surface area contributed by atoms with E-state index in [0.29, 0.717) is 22.6 Å². The van der Waals surface area contributed by atoms with Crippen LogP contribution < -0.4 is 10.1 Å². The summed E-state index contributed by atoms with van der Waals surface area (Å²) in [5.41, 5.74) is 1.66. The molecular formula is C14H12N4O2. The Balaban J connectivity index is 1.95. The van der Waals surface area contributed by atoms with Gasteiger partial charge in [-0.15, -0.1) is 0 Å². The first-order valence-electron chi connectivity index (χ1n) is 6.02. The molecule has 0 atom stereocenters. The van der Waals surface area contributed by atoms with E-state index < -0.39 is 0 Å². The van der Waals surface area contributed by atoms with Crippen LogP contribution in [0, 0.1) is 0 Å². The maximum Gasteiger partial charge on any atom is 0.259 e. The van der Waals surface area contributed by atoms with Crippen LogP contribution in [0.4, 0.5) is 5.69 Å². The predicted octanol–water partition coefficient (Wildman–Crippen LogP) is 1.99. The second-order valence-corrected chi connectivity index (χ2v) is 4.10. The van der Waals surface area contributed by atoms with Crippen LogP contribution in [-0.4, -0.2) is 27.6 Å². The molecule has 0 unspecified atom stereocenters. The van der Waals surface area contributed by atoms with Crippen molar-refractivity contribution in [3.8, 4) is 5.75 Å². The number of anilines is 1. The Morgan fingerprint density at radius 2 is 2.10 bits per heavy atom. The Hall–Kier alpha value is -2.89. The Morgan fingerprint density at radius 3 is 2.95 bits per heavy atom. The molecule has 0 spiro atoms.